The second-order valence-electron chi connectivity index (χ2n) is 5.11. The molecule has 2 heterocycles. The summed E-state index contributed by atoms with van der Waals surface area (Å²) in [6, 6.07) is 5.98. The minimum atomic E-state index is -0.446. The molecule has 0 fully saturated rings. The monoisotopic (exact) mass is 345 g/mol. The van der Waals surface area contributed by atoms with Crippen LogP contribution >= 0.6 is 0 Å². The molecule has 3 rings (SSSR count). The maximum absolute atomic E-state index is 13.2. The lowest BCUT2D eigenvalue weighted by Gasteiger charge is -2.14. The number of ether oxygens (including phenoxy) is 3. The van der Waals surface area contributed by atoms with Gasteiger partial charge in [0.15, 0.2) is 11.5 Å². The smallest absolute Gasteiger partial charge is 0.275 e. The van der Waals surface area contributed by atoms with Crippen molar-refractivity contribution in [3.8, 4) is 17.2 Å². The molecule has 0 aliphatic heterocycles. The van der Waals surface area contributed by atoms with E-state index in [4.69, 9.17) is 14.2 Å². The maximum Gasteiger partial charge on any atom is 0.275 e. The first-order chi connectivity index (χ1) is 12.0. The van der Waals surface area contributed by atoms with E-state index < -0.39 is 11.7 Å². The first-order valence-corrected chi connectivity index (χ1v) is 7.31. The number of carbonyl (C=O) groups is 1. The predicted molar refractivity (Wildman–Crippen MR) is 89.2 cm³/mol. The Balaban J connectivity index is 1.91. The zero-order valence-electron chi connectivity index (χ0n) is 13.9. The van der Waals surface area contributed by atoms with Gasteiger partial charge in [-0.15, -0.1) is 0 Å². The van der Waals surface area contributed by atoms with E-state index in [1.807, 2.05) is 0 Å². The van der Waals surface area contributed by atoms with E-state index in [0.717, 1.165) is 0 Å². The molecule has 0 aliphatic carbocycles. The topological polar surface area (TPSA) is 74.1 Å². The fourth-order valence-corrected chi connectivity index (χ4v) is 2.42. The van der Waals surface area contributed by atoms with Gasteiger partial charge >= 0.3 is 0 Å². The number of nitrogens with zero attached hydrogens (tertiary/aromatic N) is 2. The average molecular weight is 345 g/mol. The Kier molecular flexibility index (Phi) is 4.42. The lowest BCUT2D eigenvalue weighted by atomic mass is 10.2. The van der Waals surface area contributed by atoms with Gasteiger partial charge in [-0.1, -0.05) is 0 Å². The number of imidazole rings is 1. The molecule has 0 spiro atoms. The zero-order chi connectivity index (χ0) is 18.0. The number of aromatic nitrogens is 2. The highest BCUT2D eigenvalue weighted by atomic mass is 19.1. The normalized spacial score (nSPS) is 10.6. The number of hydrogen-bond donors (Lipinski definition) is 1. The number of carbonyl (C=O) groups excluding carboxylic acids is 1. The Labute approximate surface area is 143 Å². The Morgan fingerprint density at radius 2 is 1.76 bits per heavy atom. The minimum absolute atomic E-state index is 0.152. The second kappa shape index (κ2) is 6.68. The van der Waals surface area contributed by atoms with Gasteiger partial charge < -0.3 is 23.9 Å². The lowest BCUT2D eigenvalue weighted by Crippen LogP contribution is -2.12. The molecular weight excluding hydrogens is 329 g/mol. The number of hydrogen-bond acceptors (Lipinski definition) is 5. The molecule has 0 radical (unpaired) electrons. The van der Waals surface area contributed by atoms with Crippen molar-refractivity contribution < 1.29 is 23.4 Å². The number of methoxy groups -OCH3 is 3. The van der Waals surface area contributed by atoms with Gasteiger partial charge in [0.05, 0.1) is 21.3 Å². The van der Waals surface area contributed by atoms with Crippen LogP contribution in [0.5, 0.6) is 17.2 Å². The van der Waals surface area contributed by atoms with Gasteiger partial charge in [0.25, 0.3) is 5.91 Å². The van der Waals surface area contributed by atoms with E-state index in [1.165, 1.54) is 50.3 Å². The van der Waals surface area contributed by atoms with E-state index in [9.17, 15) is 9.18 Å². The van der Waals surface area contributed by atoms with Gasteiger partial charge in [-0.2, -0.15) is 0 Å². The molecular formula is C17H16FN3O4. The Morgan fingerprint density at radius 3 is 2.36 bits per heavy atom. The summed E-state index contributed by atoms with van der Waals surface area (Å²) in [5.41, 5.74) is 1.07. The molecule has 2 aromatic heterocycles. The molecule has 0 atom stereocenters. The van der Waals surface area contributed by atoms with Crippen LogP contribution in [-0.4, -0.2) is 36.6 Å². The third-order valence-electron chi connectivity index (χ3n) is 3.57. The fourth-order valence-electron chi connectivity index (χ4n) is 2.42. The molecule has 0 bridgehead atoms. The van der Waals surface area contributed by atoms with Crippen molar-refractivity contribution >= 4 is 17.2 Å². The molecule has 8 heteroatoms. The number of anilines is 1. The van der Waals surface area contributed by atoms with Gasteiger partial charge in [0, 0.05) is 30.2 Å². The van der Waals surface area contributed by atoms with E-state index in [2.05, 4.69) is 10.3 Å². The largest absolute Gasteiger partial charge is 0.493 e. The van der Waals surface area contributed by atoms with Gasteiger partial charge in [-0.3, -0.25) is 4.79 Å². The van der Waals surface area contributed by atoms with Crippen LogP contribution in [0.3, 0.4) is 0 Å². The number of rotatable bonds is 5. The summed E-state index contributed by atoms with van der Waals surface area (Å²) in [6.07, 6.45) is 2.70. The minimum Gasteiger partial charge on any atom is -0.493 e. The predicted octanol–water partition coefficient (Wildman–Crippen LogP) is 2.75. The summed E-state index contributed by atoms with van der Waals surface area (Å²) in [5, 5.41) is 2.71. The number of benzene rings is 1. The summed E-state index contributed by atoms with van der Waals surface area (Å²) in [7, 11) is 4.47. The molecule has 1 N–H and O–H groups in total. The third-order valence-corrected chi connectivity index (χ3v) is 3.57. The van der Waals surface area contributed by atoms with Crippen LogP contribution in [0.25, 0.3) is 5.65 Å². The maximum atomic E-state index is 13.2. The van der Waals surface area contributed by atoms with Crippen LogP contribution < -0.4 is 19.5 Å². The fraction of sp³-hybridized carbons (Fsp3) is 0.176. The van der Waals surface area contributed by atoms with Crippen LogP contribution in [0.2, 0.25) is 0 Å². The van der Waals surface area contributed by atoms with Crippen LogP contribution in [0.1, 0.15) is 10.5 Å². The van der Waals surface area contributed by atoms with Crippen molar-refractivity contribution in [2.24, 2.45) is 0 Å². The van der Waals surface area contributed by atoms with Crippen molar-refractivity contribution in [1.82, 2.24) is 9.38 Å². The number of amides is 1. The summed E-state index contributed by atoms with van der Waals surface area (Å²) < 4.78 is 30.4. The zero-order valence-corrected chi connectivity index (χ0v) is 13.9. The second-order valence-corrected chi connectivity index (χ2v) is 5.11. The first-order valence-electron chi connectivity index (χ1n) is 7.31. The number of pyridine rings is 1. The Bertz CT molecular complexity index is 914. The Morgan fingerprint density at radius 1 is 1.08 bits per heavy atom. The van der Waals surface area contributed by atoms with E-state index in [-0.39, 0.29) is 5.69 Å². The molecule has 1 aromatic carbocycles. The van der Waals surface area contributed by atoms with E-state index >= 15 is 0 Å². The summed E-state index contributed by atoms with van der Waals surface area (Å²) in [4.78, 5) is 16.6. The summed E-state index contributed by atoms with van der Waals surface area (Å²) in [5.74, 6) is 0.384. The highest BCUT2D eigenvalue weighted by Gasteiger charge is 2.16. The SMILES string of the molecule is COc1cc(NC(=O)c2cn3cc(F)ccc3n2)cc(OC)c1OC. The molecule has 7 nitrogen and oxygen atoms in total. The van der Waals surface area contributed by atoms with Gasteiger partial charge in [-0.05, 0) is 12.1 Å². The number of fused-ring (bicyclic) bond motifs is 1. The highest BCUT2D eigenvalue weighted by molar-refractivity contribution is 6.03. The van der Waals surface area contributed by atoms with Crippen molar-refractivity contribution in [2.45, 2.75) is 0 Å². The van der Waals surface area contributed by atoms with Gasteiger partial charge in [0.1, 0.15) is 17.2 Å². The lowest BCUT2D eigenvalue weighted by molar-refractivity contribution is 0.102. The summed E-state index contributed by atoms with van der Waals surface area (Å²) >= 11 is 0. The van der Waals surface area contributed by atoms with E-state index in [0.29, 0.717) is 28.6 Å². The van der Waals surface area contributed by atoms with Crippen LogP contribution in [-0.2, 0) is 0 Å². The molecule has 3 aromatic rings. The number of nitrogens with one attached hydrogen (secondary N) is 1. The quantitative estimate of drug-likeness (QED) is 0.770. The standard InChI is InChI=1S/C17H16FN3O4/c1-23-13-6-11(7-14(24-2)16(13)25-3)19-17(22)12-9-21-8-10(18)4-5-15(21)20-12/h4-9H,1-3H3,(H,19,22). The molecule has 0 unspecified atom stereocenters. The molecule has 0 saturated carbocycles. The summed E-state index contributed by atoms with van der Waals surface area (Å²) in [6.45, 7) is 0. The molecule has 130 valence electrons. The van der Waals surface area contributed by atoms with Crippen LogP contribution in [0.15, 0.2) is 36.7 Å². The molecule has 0 aliphatic rings. The first kappa shape index (κ1) is 16.6. The van der Waals surface area contributed by atoms with Crippen LogP contribution in [0.4, 0.5) is 10.1 Å². The van der Waals surface area contributed by atoms with Crippen molar-refractivity contribution in [3.63, 3.8) is 0 Å². The third kappa shape index (κ3) is 3.18. The molecule has 0 saturated heterocycles. The van der Waals surface area contributed by atoms with Crippen molar-refractivity contribution in [3.05, 3.63) is 48.2 Å². The average Bonchev–Trinajstić information content (AvgIpc) is 3.04. The number of halogens is 1. The van der Waals surface area contributed by atoms with Crippen LogP contribution in [0, 0.1) is 5.82 Å². The molecule has 25 heavy (non-hydrogen) atoms. The van der Waals surface area contributed by atoms with Crippen molar-refractivity contribution in [1.29, 1.82) is 0 Å². The Hall–Kier alpha value is -3.29. The van der Waals surface area contributed by atoms with E-state index in [1.54, 1.807) is 12.1 Å². The van der Waals surface area contributed by atoms with Crippen molar-refractivity contribution in [2.75, 3.05) is 26.6 Å². The van der Waals surface area contributed by atoms with Gasteiger partial charge in [0.2, 0.25) is 5.75 Å². The molecule has 1 amide bonds. The highest BCUT2D eigenvalue weighted by Crippen LogP contribution is 2.39. The van der Waals surface area contributed by atoms with Gasteiger partial charge in [-0.25, -0.2) is 9.37 Å².